The first-order valence-corrected chi connectivity index (χ1v) is 10.6. The Morgan fingerprint density at radius 1 is 0.943 bits per heavy atom. The number of hydrogen-bond acceptors (Lipinski definition) is 6. The zero-order valence-corrected chi connectivity index (χ0v) is 18.7. The fraction of sp³-hybridized carbons (Fsp3) is 0.0769. The number of para-hydroxylation sites is 1. The third-order valence-electron chi connectivity index (χ3n) is 5.03. The topological polar surface area (TPSA) is 114 Å². The highest BCUT2D eigenvalue weighted by Gasteiger charge is 2.36. The van der Waals surface area contributed by atoms with Crippen LogP contribution in [0.3, 0.4) is 0 Å². The van der Waals surface area contributed by atoms with Crippen LogP contribution < -0.4 is 25.0 Å². The molecular weight excluding hydrogens is 450 g/mol. The minimum atomic E-state index is -0.844. The van der Waals surface area contributed by atoms with Crippen LogP contribution in [0.25, 0.3) is 6.08 Å². The molecule has 3 aromatic rings. The molecular formula is C26H21N3O6. The molecule has 9 nitrogen and oxygen atoms in total. The monoisotopic (exact) mass is 471 g/mol. The van der Waals surface area contributed by atoms with Crippen molar-refractivity contribution >= 4 is 41.2 Å². The highest BCUT2D eigenvalue weighted by Crippen LogP contribution is 2.25. The summed E-state index contributed by atoms with van der Waals surface area (Å²) >= 11 is 0. The Bertz CT molecular complexity index is 1300. The third-order valence-corrected chi connectivity index (χ3v) is 5.03. The Morgan fingerprint density at radius 2 is 1.69 bits per heavy atom. The van der Waals surface area contributed by atoms with E-state index in [-0.39, 0.29) is 23.8 Å². The highest BCUT2D eigenvalue weighted by atomic mass is 16.5. The van der Waals surface area contributed by atoms with Gasteiger partial charge in [0.25, 0.3) is 17.7 Å². The van der Waals surface area contributed by atoms with Gasteiger partial charge in [-0.2, -0.15) is 0 Å². The molecule has 2 N–H and O–H groups in total. The summed E-state index contributed by atoms with van der Waals surface area (Å²) in [5, 5.41) is 4.90. The van der Waals surface area contributed by atoms with Crippen LogP contribution in [0, 0.1) is 0 Å². The van der Waals surface area contributed by atoms with Crippen LogP contribution in [0.1, 0.15) is 5.56 Å². The Kier molecular flexibility index (Phi) is 6.87. The van der Waals surface area contributed by atoms with Crippen LogP contribution >= 0.6 is 0 Å². The van der Waals surface area contributed by atoms with Gasteiger partial charge in [0.2, 0.25) is 0 Å². The number of anilines is 2. The summed E-state index contributed by atoms with van der Waals surface area (Å²) in [5.41, 5.74) is 1.19. The number of hydrogen-bond donors (Lipinski definition) is 2. The second-order valence-electron chi connectivity index (χ2n) is 7.43. The average molecular weight is 471 g/mol. The zero-order chi connectivity index (χ0) is 24.8. The first kappa shape index (κ1) is 23.2. The molecule has 0 aliphatic carbocycles. The van der Waals surface area contributed by atoms with Crippen molar-refractivity contribution in [3.8, 4) is 11.5 Å². The van der Waals surface area contributed by atoms with Crippen molar-refractivity contribution in [3.05, 3.63) is 90.0 Å². The summed E-state index contributed by atoms with van der Waals surface area (Å²) < 4.78 is 10.6. The van der Waals surface area contributed by atoms with Gasteiger partial charge in [-0.3, -0.25) is 19.7 Å². The molecule has 0 radical (unpaired) electrons. The SMILES string of the molecule is COc1ccc(N2C(=O)NC(=O)/C(=C\c3cccc(OCC(=O)Nc4ccccc4)c3)C2=O)cc1. The lowest BCUT2D eigenvalue weighted by atomic mass is 10.1. The predicted octanol–water partition coefficient (Wildman–Crippen LogP) is 3.38. The molecule has 1 heterocycles. The smallest absolute Gasteiger partial charge is 0.335 e. The largest absolute Gasteiger partial charge is 0.497 e. The molecule has 5 amide bonds. The maximum atomic E-state index is 13.0. The van der Waals surface area contributed by atoms with E-state index in [0.717, 1.165) is 4.90 Å². The van der Waals surface area contributed by atoms with Crippen molar-refractivity contribution in [2.75, 3.05) is 23.9 Å². The van der Waals surface area contributed by atoms with E-state index in [1.165, 1.54) is 13.2 Å². The number of ether oxygens (including phenoxy) is 2. The van der Waals surface area contributed by atoms with Crippen molar-refractivity contribution in [1.82, 2.24) is 5.32 Å². The quantitative estimate of drug-likeness (QED) is 0.403. The lowest BCUT2D eigenvalue weighted by Crippen LogP contribution is -2.54. The molecule has 176 valence electrons. The van der Waals surface area contributed by atoms with Crippen molar-refractivity contribution in [1.29, 1.82) is 0 Å². The first-order chi connectivity index (χ1) is 16.9. The lowest BCUT2D eigenvalue weighted by Gasteiger charge is -2.26. The lowest BCUT2D eigenvalue weighted by molar-refractivity contribution is -0.122. The average Bonchev–Trinajstić information content (AvgIpc) is 2.86. The van der Waals surface area contributed by atoms with E-state index in [4.69, 9.17) is 9.47 Å². The summed E-state index contributed by atoms with van der Waals surface area (Å²) in [5.74, 6) is -0.986. The predicted molar refractivity (Wildman–Crippen MR) is 129 cm³/mol. The van der Waals surface area contributed by atoms with E-state index in [0.29, 0.717) is 22.7 Å². The summed E-state index contributed by atoms with van der Waals surface area (Å²) in [6.45, 7) is -0.228. The molecule has 1 saturated heterocycles. The summed E-state index contributed by atoms with van der Waals surface area (Å²) in [4.78, 5) is 50.8. The second-order valence-corrected chi connectivity index (χ2v) is 7.43. The molecule has 0 unspecified atom stereocenters. The Labute approximate surface area is 201 Å². The van der Waals surface area contributed by atoms with Gasteiger partial charge in [-0.1, -0.05) is 30.3 Å². The van der Waals surface area contributed by atoms with E-state index in [9.17, 15) is 19.2 Å². The van der Waals surface area contributed by atoms with E-state index in [1.807, 2.05) is 6.07 Å². The number of carbonyl (C=O) groups excluding carboxylic acids is 4. The van der Waals surface area contributed by atoms with Gasteiger partial charge in [-0.25, -0.2) is 9.69 Å². The number of nitrogens with zero attached hydrogens (tertiary/aromatic N) is 1. The molecule has 0 aromatic heterocycles. The maximum Gasteiger partial charge on any atom is 0.335 e. The number of carbonyl (C=O) groups is 4. The van der Waals surface area contributed by atoms with Crippen molar-refractivity contribution in [3.63, 3.8) is 0 Å². The number of imide groups is 2. The van der Waals surface area contributed by atoms with Crippen LogP contribution in [0.2, 0.25) is 0 Å². The Morgan fingerprint density at radius 3 is 2.40 bits per heavy atom. The van der Waals surface area contributed by atoms with Crippen molar-refractivity contribution < 1.29 is 28.7 Å². The second kappa shape index (κ2) is 10.3. The molecule has 3 aromatic carbocycles. The van der Waals surface area contributed by atoms with Gasteiger partial charge in [0.1, 0.15) is 17.1 Å². The van der Waals surface area contributed by atoms with Gasteiger partial charge in [-0.15, -0.1) is 0 Å². The van der Waals surface area contributed by atoms with Crippen molar-refractivity contribution in [2.24, 2.45) is 0 Å². The highest BCUT2D eigenvalue weighted by molar-refractivity contribution is 6.39. The molecule has 0 spiro atoms. The molecule has 1 fully saturated rings. The molecule has 0 saturated carbocycles. The summed E-state index contributed by atoms with van der Waals surface area (Å²) in [6.07, 6.45) is 1.36. The molecule has 0 atom stereocenters. The van der Waals surface area contributed by atoms with Crippen LogP contribution in [0.5, 0.6) is 11.5 Å². The summed E-state index contributed by atoms with van der Waals surface area (Å²) in [6, 6.07) is 21.0. The Balaban J connectivity index is 1.49. The number of methoxy groups -OCH3 is 1. The fourth-order valence-electron chi connectivity index (χ4n) is 3.35. The normalized spacial score (nSPS) is 14.5. The molecule has 9 heteroatoms. The molecule has 35 heavy (non-hydrogen) atoms. The zero-order valence-electron chi connectivity index (χ0n) is 18.7. The number of rotatable bonds is 7. The number of benzene rings is 3. The van der Waals surface area contributed by atoms with Crippen LogP contribution in [0.15, 0.2) is 84.4 Å². The first-order valence-electron chi connectivity index (χ1n) is 10.6. The number of barbiturate groups is 1. The third kappa shape index (κ3) is 5.53. The minimum Gasteiger partial charge on any atom is -0.497 e. The number of nitrogens with one attached hydrogen (secondary N) is 2. The minimum absolute atomic E-state index is 0.223. The Hall–Kier alpha value is -4.92. The molecule has 4 rings (SSSR count). The van der Waals surface area contributed by atoms with Gasteiger partial charge in [0.15, 0.2) is 6.61 Å². The van der Waals surface area contributed by atoms with E-state index in [1.54, 1.807) is 72.8 Å². The summed E-state index contributed by atoms with van der Waals surface area (Å²) in [7, 11) is 1.50. The van der Waals surface area contributed by atoms with Crippen molar-refractivity contribution in [2.45, 2.75) is 0 Å². The van der Waals surface area contributed by atoms with Gasteiger partial charge < -0.3 is 14.8 Å². The molecule has 0 bridgehead atoms. The maximum absolute atomic E-state index is 13.0. The van der Waals surface area contributed by atoms with Crippen LogP contribution in [-0.2, 0) is 14.4 Å². The molecule has 1 aliphatic heterocycles. The number of amides is 5. The standard InChI is InChI=1S/C26H21N3O6/c1-34-20-12-10-19(11-13-20)29-25(32)22(24(31)28-26(29)33)15-17-6-5-9-21(14-17)35-16-23(30)27-18-7-3-2-4-8-18/h2-15H,16H2,1H3,(H,27,30)(H,28,31,33)/b22-15+. The van der Waals surface area contributed by atoms with Gasteiger partial charge in [0.05, 0.1) is 12.8 Å². The van der Waals surface area contributed by atoms with E-state index in [2.05, 4.69) is 10.6 Å². The van der Waals surface area contributed by atoms with Gasteiger partial charge in [0, 0.05) is 5.69 Å². The van der Waals surface area contributed by atoms with Crippen LogP contribution in [0.4, 0.5) is 16.2 Å². The fourth-order valence-corrected chi connectivity index (χ4v) is 3.35. The van der Waals surface area contributed by atoms with E-state index < -0.39 is 17.8 Å². The number of urea groups is 1. The van der Waals surface area contributed by atoms with Gasteiger partial charge >= 0.3 is 6.03 Å². The van der Waals surface area contributed by atoms with Gasteiger partial charge in [-0.05, 0) is 60.2 Å². The van der Waals surface area contributed by atoms with Crippen LogP contribution in [-0.4, -0.2) is 37.5 Å². The van der Waals surface area contributed by atoms with E-state index >= 15 is 0 Å². The molecule has 1 aliphatic rings.